The molecule has 0 saturated heterocycles. The van der Waals surface area contributed by atoms with E-state index in [1.54, 1.807) is 24.3 Å². The van der Waals surface area contributed by atoms with E-state index in [0.29, 0.717) is 17.0 Å². The Labute approximate surface area is 138 Å². The molecule has 2 aromatic rings. The van der Waals surface area contributed by atoms with E-state index in [9.17, 15) is 9.59 Å². The fraction of sp³-hybridized carbons (Fsp3) is 0.267. The topological polar surface area (TPSA) is 79.3 Å². The SMILES string of the molecule is CC(C)(C)N(c1ncncn1)N(C=O)C(=O)c1ccc(Cl)cc1. The molecule has 0 saturated carbocycles. The molecule has 1 aromatic heterocycles. The second kappa shape index (κ2) is 6.70. The highest BCUT2D eigenvalue weighted by Gasteiger charge is 2.33. The highest BCUT2D eigenvalue weighted by Crippen LogP contribution is 2.23. The van der Waals surface area contributed by atoms with Crippen LogP contribution in [0.5, 0.6) is 0 Å². The van der Waals surface area contributed by atoms with Gasteiger partial charge in [-0.05, 0) is 45.0 Å². The van der Waals surface area contributed by atoms with Crippen molar-refractivity contribution in [2.75, 3.05) is 5.01 Å². The fourth-order valence-corrected chi connectivity index (χ4v) is 2.10. The molecular weight excluding hydrogens is 318 g/mol. The molecule has 23 heavy (non-hydrogen) atoms. The van der Waals surface area contributed by atoms with E-state index in [0.717, 1.165) is 5.01 Å². The molecule has 1 heterocycles. The molecule has 0 aliphatic carbocycles. The summed E-state index contributed by atoms with van der Waals surface area (Å²) >= 11 is 5.83. The van der Waals surface area contributed by atoms with Crippen LogP contribution >= 0.6 is 11.6 Å². The minimum Gasteiger partial charge on any atom is -0.276 e. The first kappa shape index (κ1) is 16.8. The predicted octanol–water partition coefficient (Wildman–Crippen LogP) is 2.34. The summed E-state index contributed by atoms with van der Waals surface area (Å²) in [7, 11) is 0. The molecule has 0 atom stereocenters. The second-order valence-corrected chi connectivity index (χ2v) is 6.12. The van der Waals surface area contributed by atoms with Crippen molar-refractivity contribution in [1.29, 1.82) is 0 Å². The van der Waals surface area contributed by atoms with Gasteiger partial charge in [-0.3, -0.25) is 9.59 Å². The molecule has 2 rings (SSSR count). The van der Waals surface area contributed by atoms with Gasteiger partial charge in [0.05, 0.1) is 5.54 Å². The Kier molecular flexibility index (Phi) is 4.90. The van der Waals surface area contributed by atoms with Gasteiger partial charge in [0.15, 0.2) is 0 Å². The third kappa shape index (κ3) is 3.81. The van der Waals surface area contributed by atoms with E-state index in [2.05, 4.69) is 15.0 Å². The maximum absolute atomic E-state index is 12.7. The fourth-order valence-electron chi connectivity index (χ4n) is 1.97. The number of carbonyl (C=O) groups excluding carboxylic acids is 2. The summed E-state index contributed by atoms with van der Waals surface area (Å²) in [6.07, 6.45) is 3.04. The predicted molar refractivity (Wildman–Crippen MR) is 85.7 cm³/mol. The summed E-state index contributed by atoms with van der Waals surface area (Å²) in [5, 5.41) is 2.86. The Morgan fingerprint density at radius 1 is 1.13 bits per heavy atom. The Morgan fingerprint density at radius 2 is 1.70 bits per heavy atom. The van der Waals surface area contributed by atoms with Crippen LogP contribution in [0.1, 0.15) is 31.1 Å². The van der Waals surface area contributed by atoms with E-state index in [-0.39, 0.29) is 5.95 Å². The van der Waals surface area contributed by atoms with Gasteiger partial charge >= 0.3 is 0 Å². The molecule has 0 spiro atoms. The molecule has 7 nitrogen and oxygen atoms in total. The Morgan fingerprint density at radius 3 is 2.17 bits per heavy atom. The standard InChI is InChI=1S/C15H16ClN5O2/c1-15(2,3)21(14-18-8-17-9-19-14)20(10-22)13(23)11-4-6-12(16)7-5-11/h4-10H,1-3H3. The van der Waals surface area contributed by atoms with Crippen LogP contribution in [0, 0.1) is 0 Å². The Balaban J connectivity index is 2.44. The van der Waals surface area contributed by atoms with Crippen molar-refractivity contribution in [2.45, 2.75) is 26.3 Å². The summed E-state index contributed by atoms with van der Waals surface area (Å²) in [6, 6.07) is 6.27. The van der Waals surface area contributed by atoms with Crippen LogP contribution in [0.15, 0.2) is 36.9 Å². The molecule has 0 fully saturated rings. The highest BCUT2D eigenvalue weighted by atomic mass is 35.5. The minimum atomic E-state index is -0.621. The average Bonchev–Trinajstić information content (AvgIpc) is 2.52. The van der Waals surface area contributed by atoms with Crippen molar-refractivity contribution in [2.24, 2.45) is 0 Å². The molecule has 0 radical (unpaired) electrons. The number of carbonyl (C=O) groups is 2. The highest BCUT2D eigenvalue weighted by molar-refractivity contribution is 6.30. The number of hydrazine groups is 1. The van der Waals surface area contributed by atoms with E-state index < -0.39 is 11.4 Å². The van der Waals surface area contributed by atoms with Gasteiger partial charge in [-0.25, -0.2) is 9.99 Å². The van der Waals surface area contributed by atoms with Crippen LogP contribution in [0.25, 0.3) is 0 Å². The van der Waals surface area contributed by atoms with E-state index in [4.69, 9.17) is 11.6 Å². The number of aromatic nitrogens is 3. The minimum absolute atomic E-state index is 0.196. The van der Waals surface area contributed by atoms with Crippen molar-refractivity contribution in [3.8, 4) is 0 Å². The molecule has 0 bridgehead atoms. The Hall–Kier alpha value is -2.54. The third-order valence-corrected chi connectivity index (χ3v) is 3.17. The number of rotatable bonds is 4. The summed E-state index contributed by atoms with van der Waals surface area (Å²) in [4.78, 5) is 36.1. The lowest BCUT2D eigenvalue weighted by Crippen LogP contribution is -2.56. The van der Waals surface area contributed by atoms with Gasteiger partial charge in [-0.15, -0.1) is 0 Å². The third-order valence-electron chi connectivity index (χ3n) is 2.92. The smallest absolute Gasteiger partial charge is 0.276 e. The van der Waals surface area contributed by atoms with Gasteiger partial charge in [-0.2, -0.15) is 15.0 Å². The molecular formula is C15H16ClN5O2. The van der Waals surface area contributed by atoms with Crippen molar-refractivity contribution < 1.29 is 9.59 Å². The molecule has 120 valence electrons. The summed E-state index contributed by atoms with van der Waals surface area (Å²) in [6.45, 7) is 5.51. The van der Waals surface area contributed by atoms with Gasteiger partial charge in [0, 0.05) is 10.6 Å². The van der Waals surface area contributed by atoms with Crippen molar-refractivity contribution in [3.63, 3.8) is 0 Å². The van der Waals surface area contributed by atoms with Gasteiger partial charge < -0.3 is 0 Å². The number of halogens is 1. The van der Waals surface area contributed by atoms with E-state index in [1.165, 1.54) is 17.7 Å². The van der Waals surface area contributed by atoms with Crippen LogP contribution in [0.3, 0.4) is 0 Å². The second-order valence-electron chi connectivity index (χ2n) is 5.68. The number of amides is 2. The molecule has 1 aromatic carbocycles. The number of nitrogens with zero attached hydrogens (tertiary/aromatic N) is 5. The zero-order valence-electron chi connectivity index (χ0n) is 13.0. The van der Waals surface area contributed by atoms with Gasteiger partial charge in [-0.1, -0.05) is 11.6 Å². The molecule has 8 heteroatoms. The number of hydrogen-bond donors (Lipinski definition) is 0. The van der Waals surface area contributed by atoms with Crippen LogP contribution in [-0.4, -0.2) is 37.8 Å². The van der Waals surface area contributed by atoms with E-state index >= 15 is 0 Å². The zero-order chi connectivity index (χ0) is 17.0. The number of imide groups is 1. The number of hydrogen-bond acceptors (Lipinski definition) is 6. The number of benzene rings is 1. The molecule has 2 amide bonds. The summed E-state index contributed by atoms with van der Waals surface area (Å²) in [5.41, 5.74) is -0.297. The van der Waals surface area contributed by atoms with Crippen LogP contribution in [0.2, 0.25) is 5.02 Å². The van der Waals surface area contributed by atoms with Crippen LogP contribution in [-0.2, 0) is 4.79 Å². The molecule has 0 unspecified atom stereocenters. The first-order valence-electron chi connectivity index (χ1n) is 6.81. The zero-order valence-corrected chi connectivity index (χ0v) is 13.7. The van der Waals surface area contributed by atoms with Crippen molar-refractivity contribution in [1.82, 2.24) is 20.0 Å². The van der Waals surface area contributed by atoms with Gasteiger partial charge in [0.25, 0.3) is 5.91 Å². The van der Waals surface area contributed by atoms with Crippen LogP contribution < -0.4 is 5.01 Å². The lowest BCUT2D eigenvalue weighted by Gasteiger charge is -2.40. The van der Waals surface area contributed by atoms with E-state index in [1.807, 2.05) is 20.8 Å². The average molecular weight is 334 g/mol. The first-order chi connectivity index (χ1) is 10.8. The van der Waals surface area contributed by atoms with Gasteiger partial charge in [0.2, 0.25) is 12.4 Å². The van der Waals surface area contributed by atoms with Crippen molar-refractivity contribution >= 4 is 29.9 Å². The molecule has 0 aliphatic rings. The summed E-state index contributed by atoms with van der Waals surface area (Å²) < 4.78 is 0. The first-order valence-corrected chi connectivity index (χ1v) is 7.19. The maximum Gasteiger partial charge on any atom is 0.279 e. The molecule has 0 N–H and O–H groups in total. The lowest BCUT2D eigenvalue weighted by molar-refractivity contribution is -0.117. The lowest BCUT2D eigenvalue weighted by atomic mass is 10.1. The largest absolute Gasteiger partial charge is 0.279 e. The number of anilines is 1. The normalized spacial score (nSPS) is 11.0. The Bertz CT molecular complexity index is 685. The quantitative estimate of drug-likeness (QED) is 0.631. The maximum atomic E-state index is 12.7. The van der Waals surface area contributed by atoms with Gasteiger partial charge in [0.1, 0.15) is 12.7 Å². The monoisotopic (exact) mass is 333 g/mol. The summed E-state index contributed by atoms with van der Waals surface area (Å²) in [5.74, 6) is -0.311. The van der Waals surface area contributed by atoms with Crippen LogP contribution in [0.4, 0.5) is 5.95 Å². The van der Waals surface area contributed by atoms with Crippen molar-refractivity contribution in [3.05, 3.63) is 47.5 Å². The molecule has 0 aliphatic heterocycles.